The van der Waals surface area contributed by atoms with Gasteiger partial charge in [0.15, 0.2) is 17.4 Å². The van der Waals surface area contributed by atoms with Gasteiger partial charge in [0.2, 0.25) is 5.95 Å². The largest absolute Gasteiger partial charge is 0.387 e. The van der Waals surface area contributed by atoms with Crippen LogP contribution in [0.25, 0.3) is 11.2 Å². The molecule has 2 aromatic rings. The molecule has 0 unspecified atom stereocenters. The maximum Gasteiger partial charge on any atom is 0.280 e. The average molecular weight is 310 g/mol. The Morgan fingerprint density at radius 1 is 1.64 bits per heavy atom. The molecule has 0 saturated carbocycles. The maximum atomic E-state index is 11.8. The summed E-state index contributed by atoms with van der Waals surface area (Å²) in [6.07, 6.45) is -0.532. The highest BCUT2D eigenvalue weighted by atomic mass is 16.6. The standard InChI is InChI=1S/C12H18N6O4/c1-14-6-5(3-21-2)22-11(8(6)19)18-4-15-7-9(18)16-12(13)17-10(7)20/h4-6,8,11,14,19H,3H2,1-2H3,(H3,13,16,17,20)/t5-,6-,8-,11-/m1/s1. The number of hydrogen-bond acceptors (Lipinski definition) is 8. The summed E-state index contributed by atoms with van der Waals surface area (Å²) in [6, 6.07) is -0.318. The molecule has 1 fully saturated rings. The number of nitrogen functional groups attached to an aromatic ring is 1. The molecular formula is C12H18N6O4. The van der Waals surface area contributed by atoms with E-state index in [-0.39, 0.29) is 29.3 Å². The SMILES string of the molecule is CN[C@H]1[C@@H](O)[C@H](n2cnc3c(=O)[nH]c(N)nc32)O[C@@H]1COC. The van der Waals surface area contributed by atoms with E-state index in [1.54, 1.807) is 14.2 Å². The molecule has 0 aromatic carbocycles. The molecule has 0 aliphatic carbocycles. The van der Waals surface area contributed by atoms with Gasteiger partial charge in [-0.2, -0.15) is 4.98 Å². The minimum absolute atomic E-state index is 0.0228. The molecule has 0 amide bonds. The Bertz CT molecular complexity index is 728. The molecule has 22 heavy (non-hydrogen) atoms. The first kappa shape index (κ1) is 14.9. The number of rotatable bonds is 4. The number of ether oxygens (including phenoxy) is 2. The molecular weight excluding hydrogens is 292 g/mol. The second-order valence-electron chi connectivity index (χ2n) is 5.10. The zero-order chi connectivity index (χ0) is 15.9. The van der Waals surface area contributed by atoms with E-state index in [0.29, 0.717) is 6.61 Å². The van der Waals surface area contributed by atoms with Crippen molar-refractivity contribution in [1.29, 1.82) is 0 Å². The zero-order valence-corrected chi connectivity index (χ0v) is 12.2. The van der Waals surface area contributed by atoms with Crippen LogP contribution in [-0.4, -0.2) is 63.6 Å². The molecule has 120 valence electrons. The van der Waals surface area contributed by atoms with Gasteiger partial charge in [-0.3, -0.25) is 14.3 Å². The average Bonchev–Trinajstić information content (AvgIpc) is 3.01. The molecule has 3 heterocycles. The molecule has 0 bridgehead atoms. The number of fused-ring (bicyclic) bond motifs is 1. The molecule has 1 aliphatic heterocycles. The maximum absolute atomic E-state index is 11.8. The molecule has 3 rings (SSSR count). The van der Waals surface area contributed by atoms with Gasteiger partial charge in [0.1, 0.15) is 12.2 Å². The minimum Gasteiger partial charge on any atom is -0.387 e. The van der Waals surface area contributed by atoms with Crippen molar-refractivity contribution in [2.24, 2.45) is 0 Å². The van der Waals surface area contributed by atoms with Crippen molar-refractivity contribution in [1.82, 2.24) is 24.8 Å². The molecule has 10 nitrogen and oxygen atoms in total. The number of anilines is 1. The number of hydrogen-bond donors (Lipinski definition) is 4. The van der Waals surface area contributed by atoms with Crippen molar-refractivity contribution in [3.8, 4) is 0 Å². The van der Waals surface area contributed by atoms with Crippen molar-refractivity contribution in [2.75, 3.05) is 26.5 Å². The van der Waals surface area contributed by atoms with Crippen LogP contribution in [0.5, 0.6) is 0 Å². The molecule has 1 aliphatic rings. The highest BCUT2D eigenvalue weighted by Crippen LogP contribution is 2.31. The summed E-state index contributed by atoms with van der Waals surface area (Å²) < 4.78 is 12.5. The van der Waals surface area contributed by atoms with E-state index >= 15 is 0 Å². The van der Waals surface area contributed by atoms with Crippen molar-refractivity contribution in [3.63, 3.8) is 0 Å². The van der Waals surface area contributed by atoms with Gasteiger partial charge in [0.25, 0.3) is 5.56 Å². The molecule has 0 radical (unpaired) electrons. The lowest BCUT2D eigenvalue weighted by Gasteiger charge is -2.18. The first-order valence-electron chi connectivity index (χ1n) is 6.79. The predicted molar refractivity (Wildman–Crippen MR) is 77.2 cm³/mol. The van der Waals surface area contributed by atoms with E-state index in [1.165, 1.54) is 10.9 Å². The van der Waals surface area contributed by atoms with Crippen molar-refractivity contribution in [3.05, 3.63) is 16.7 Å². The van der Waals surface area contributed by atoms with Crippen LogP contribution in [0.2, 0.25) is 0 Å². The fourth-order valence-electron chi connectivity index (χ4n) is 2.76. The topological polar surface area (TPSA) is 140 Å². The molecule has 0 spiro atoms. The van der Waals surface area contributed by atoms with E-state index in [1.807, 2.05) is 0 Å². The molecule has 1 saturated heterocycles. The van der Waals surface area contributed by atoms with Crippen LogP contribution in [0.3, 0.4) is 0 Å². The number of likely N-dealkylation sites (N-methyl/N-ethyl adjacent to an activating group) is 1. The van der Waals surface area contributed by atoms with E-state index in [9.17, 15) is 9.90 Å². The fraction of sp³-hybridized carbons (Fsp3) is 0.583. The van der Waals surface area contributed by atoms with Crippen molar-refractivity contribution < 1.29 is 14.6 Å². The molecule has 4 atom stereocenters. The van der Waals surface area contributed by atoms with Crippen LogP contribution in [-0.2, 0) is 9.47 Å². The minimum atomic E-state index is -0.857. The number of aromatic nitrogens is 4. The van der Waals surface area contributed by atoms with Gasteiger partial charge in [-0.15, -0.1) is 0 Å². The lowest BCUT2D eigenvalue weighted by atomic mass is 10.1. The normalized spacial score (nSPS) is 28.5. The van der Waals surface area contributed by atoms with Crippen LogP contribution in [0.15, 0.2) is 11.1 Å². The van der Waals surface area contributed by atoms with Crippen LogP contribution in [0.4, 0.5) is 5.95 Å². The summed E-state index contributed by atoms with van der Waals surface area (Å²) in [7, 11) is 3.29. The zero-order valence-electron chi connectivity index (χ0n) is 12.2. The van der Waals surface area contributed by atoms with Gasteiger partial charge >= 0.3 is 0 Å². The third kappa shape index (κ3) is 2.25. The van der Waals surface area contributed by atoms with Gasteiger partial charge in [-0.05, 0) is 7.05 Å². The predicted octanol–water partition coefficient (Wildman–Crippen LogP) is -1.81. The summed E-state index contributed by atoms with van der Waals surface area (Å²) in [5.41, 5.74) is 5.54. The second-order valence-corrected chi connectivity index (χ2v) is 5.10. The van der Waals surface area contributed by atoms with Gasteiger partial charge in [0, 0.05) is 7.11 Å². The third-order valence-electron chi connectivity index (χ3n) is 3.76. The summed E-state index contributed by atoms with van der Waals surface area (Å²) in [4.78, 5) is 22.3. The summed E-state index contributed by atoms with van der Waals surface area (Å²) in [5.74, 6) is -0.0228. The Balaban J connectivity index is 2.02. The fourth-order valence-corrected chi connectivity index (χ4v) is 2.76. The Morgan fingerprint density at radius 2 is 2.41 bits per heavy atom. The van der Waals surface area contributed by atoms with Gasteiger partial charge in [-0.1, -0.05) is 0 Å². The summed E-state index contributed by atoms with van der Waals surface area (Å²) in [5, 5.41) is 13.5. The number of aliphatic hydroxyl groups excluding tert-OH is 1. The first-order valence-corrected chi connectivity index (χ1v) is 6.79. The molecule has 10 heteroatoms. The lowest BCUT2D eigenvalue weighted by molar-refractivity contribution is -0.0545. The highest BCUT2D eigenvalue weighted by molar-refractivity contribution is 5.70. The number of nitrogens with two attached hydrogens (primary N) is 1. The number of methoxy groups -OCH3 is 1. The number of nitrogens with zero attached hydrogens (tertiary/aromatic N) is 3. The number of nitrogens with one attached hydrogen (secondary N) is 2. The highest BCUT2D eigenvalue weighted by Gasteiger charge is 2.44. The monoisotopic (exact) mass is 310 g/mol. The lowest BCUT2D eigenvalue weighted by Crippen LogP contribution is -2.43. The number of H-pyrrole nitrogens is 1. The van der Waals surface area contributed by atoms with Crippen molar-refractivity contribution in [2.45, 2.75) is 24.5 Å². The van der Waals surface area contributed by atoms with Crippen LogP contribution in [0, 0.1) is 0 Å². The van der Waals surface area contributed by atoms with Gasteiger partial charge in [0.05, 0.1) is 19.0 Å². The van der Waals surface area contributed by atoms with Crippen molar-refractivity contribution >= 4 is 17.1 Å². The first-order chi connectivity index (χ1) is 10.6. The Morgan fingerprint density at radius 3 is 3.09 bits per heavy atom. The molecule has 2 aromatic heterocycles. The Kier molecular flexibility index (Phi) is 3.83. The number of aliphatic hydroxyl groups is 1. The summed E-state index contributed by atoms with van der Waals surface area (Å²) in [6.45, 7) is 0.321. The van der Waals surface area contributed by atoms with E-state index in [2.05, 4.69) is 20.3 Å². The molecule has 5 N–H and O–H groups in total. The quantitative estimate of drug-likeness (QED) is 0.518. The smallest absolute Gasteiger partial charge is 0.280 e. The second kappa shape index (κ2) is 5.65. The van der Waals surface area contributed by atoms with Gasteiger partial charge < -0.3 is 25.6 Å². The Labute approximate surface area is 125 Å². The number of aromatic amines is 1. The van der Waals surface area contributed by atoms with Gasteiger partial charge in [-0.25, -0.2) is 4.98 Å². The third-order valence-corrected chi connectivity index (χ3v) is 3.76. The van der Waals surface area contributed by atoms with Crippen LogP contribution < -0.4 is 16.6 Å². The van der Waals surface area contributed by atoms with Crippen LogP contribution in [0.1, 0.15) is 6.23 Å². The van der Waals surface area contributed by atoms with E-state index in [0.717, 1.165) is 0 Å². The number of imidazole rings is 1. The Hall–Kier alpha value is -2.01. The van der Waals surface area contributed by atoms with Crippen LogP contribution >= 0.6 is 0 Å². The van der Waals surface area contributed by atoms with E-state index < -0.39 is 17.9 Å². The summed E-state index contributed by atoms with van der Waals surface area (Å²) >= 11 is 0. The van der Waals surface area contributed by atoms with E-state index in [4.69, 9.17) is 15.2 Å².